The van der Waals surface area contributed by atoms with Crippen LogP contribution >= 0.6 is 12.4 Å². The zero-order valence-electron chi connectivity index (χ0n) is 14.2. The third-order valence-electron chi connectivity index (χ3n) is 4.01. The van der Waals surface area contributed by atoms with Gasteiger partial charge in [-0.05, 0) is 19.4 Å². The van der Waals surface area contributed by atoms with Gasteiger partial charge in [0, 0.05) is 25.3 Å². The molecule has 0 aromatic carbocycles. The lowest BCUT2D eigenvalue weighted by Crippen LogP contribution is -2.38. The van der Waals surface area contributed by atoms with E-state index in [2.05, 4.69) is 21.0 Å². The monoisotopic (exact) mass is 357 g/mol. The smallest absolute Gasteiger partial charge is 0.254 e. The van der Waals surface area contributed by atoms with Gasteiger partial charge in [0.2, 0.25) is 5.91 Å². The van der Waals surface area contributed by atoms with Gasteiger partial charge in [-0.15, -0.1) is 12.4 Å². The van der Waals surface area contributed by atoms with E-state index in [1.165, 1.54) is 30.1 Å². The molecule has 8 heteroatoms. The van der Waals surface area contributed by atoms with Crippen LogP contribution in [0, 0.1) is 0 Å². The van der Waals surface area contributed by atoms with Crippen molar-refractivity contribution >= 4 is 24.2 Å². The summed E-state index contributed by atoms with van der Waals surface area (Å²) in [6.45, 7) is 4.36. The number of nitrogens with zero attached hydrogens (tertiary/aromatic N) is 2. The third kappa shape index (κ3) is 6.88. The van der Waals surface area contributed by atoms with E-state index in [9.17, 15) is 9.59 Å². The standard InChI is InChI=1S/C16H27N5O2.ClH/c1-2-17-8-9-18-16(23)13-10-19-21(11-13)12-15(22)20-14-6-4-3-5-7-14;/h10-11,14,17H,2-9,12H2,1H3,(H,18,23)(H,20,22);1H. The zero-order valence-corrected chi connectivity index (χ0v) is 15.0. The van der Waals surface area contributed by atoms with E-state index in [4.69, 9.17) is 0 Å². The molecule has 0 radical (unpaired) electrons. The fourth-order valence-corrected chi connectivity index (χ4v) is 2.78. The molecule has 1 aliphatic carbocycles. The quantitative estimate of drug-likeness (QED) is 0.608. The first-order chi connectivity index (χ1) is 11.2. The molecule has 7 nitrogen and oxygen atoms in total. The van der Waals surface area contributed by atoms with Crippen molar-refractivity contribution in [2.45, 2.75) is 51.6 Å². The molecule has 3 N–H and O–H groups in total. The first-order valence-electron chi connectivity index (χ1n) is 8.49. The van der Waals surface area contributed by atoms with Gasteiger partial charge in [-0.1, -0.05) is 26.2 Å². The SMILES string of the molecule is CCNCCNC(=O)c1cnn(CC(=O)NC2CCCCC2)c1.Cl. The maximum Gasteiger partial charge on any atom is 0.254 e. The minimum atomic E-state index is -0.165. The molecular weight excluding hydrogens is 330 g/mol. The molecule has 0 unspecified atom stereocenters. The molecule has 1 aromatic rings. The molecule has 1 fully saturated rings. The molecule has 1 aliphatic rings. The summed E-state index contributed by atoms with van der Waals surface area (Å²) in [7, 11) is 0. The number of aromatic nitrogens is 2. The molecule has 1 heterocycles. The Bertz CT molecular complexity index is 514. The molecule has 0 bridgehead atoms. The highest BCUT2D eigenvalue weighted by Crippen LogP contribution is 2.17. The van der Waals surface area contributed by atoms with Gasteiger partial charge < -0.3 is 16.0 Å². The minimum Gasteiger partial charge on any atom is -0.352 e. The average molecular weight is 358 g/mol. The van der Waals surface area contributed by atoms with Gasteiger partial charge in [0.1, 0.15) is 6.54 Å². The highest BCUT2D eigenvalue weighted by atomic mass is 35.5. The van der Waals surface area contributed by atoms with E-state index >= 15 is 0 Å². The van der Waals surface area contributed by atoms with Gasteiger partial charge >= 0.3 is 0 Å². The number of carbonyl (C=O) groups is 2. The van der Waals surface area contributed by atoms with Crippen molar-refractivity contribution in [3.05, 3.63) is 18.0 Å². The maximum atomic E-state index is 12.0. The molecule has 0 atom stereocenters. The van der Waals surface area contributed by atoms with Crippen molar-refractivity contribution in [3.63, 3.8) is 0 Å². The summed E-state index contributed by atoms with van der Waals surface area (Å²) in [6.07, 6.45) is 8.86. The lowest BCUT2D eigenvalue weighted by Gasteiger charge is -2.22. The number of halogens is 1. The predicted molar refractivity (Wildman–Crippen MR) is 95.4 cm³/mol. The lowest BCUT2D eigenvalue weighted by atomic mass is 9.95. The van der Waals surface area contributed by atoms with Crippen molar-refractivity contribution in [1.82, 2.24) is 25.7 Å². The summed E-state index contributed by atoms with van der Waals surface area (Å²) in [5.74, 6) is -0.207. The van der Waals surface area contributed by atoms with Crippen LogP contribution in [-0.2, 0) is 11.3 Å². The topological polar surface area (TPSA) is 88.0 Å². The van der Waals surface area contributed by atoms with E-state index in [1.807, 2.05) is 6.92 Å². The molecular formula is C16H28ClN5O2. The Hall–Kier alpha value is -1.60. The number of likely N-dealkylation sites (N-methyl/N-ethyl adjacent to an activating group) is 1. The van der Waals surface area contributed by atoms with Crippen LogP contribution in [0.25, 0.3) is 0 Å². The van der Waals surface area contributed by atoms with E-state index in [0.717, 1.165) is 25.9 Å². The molecule has 2 amide bonds. The second kappa shape index (κ2) is 11.0. The second-order valence-corrected chi connectivity index (χ2v) is 5.94. The minimum absolute atomic E-state index is 0. The summed E-state index contributed by atoms with van der Waals surface area (Å²) < 4.78 is 1.51. The lowest BCUT2D eigenvalue weighted by molar-refractivity contribution is -0.122. The Labute approximate surface area is 149 Å². The van der Waals surface area contributed by atoms with Crippen molar-refractivity contribution < 1.29 is 9.59 Å². The Morgan fingerprint density at radius 3 is 2.71 bits per heavy atom. The first-order valence-corrected chi connectivity index (χ1v) is 8.49. The predicted octanol–water partition coefficient (Wildman–Crippen LogP) is 1.09. The summed E-state index contributed by atoms with van der Waals surface area (Å²) in [5, 5.41) is 13.1. The van der Waals surface area contributed by atoms with Crippen LogP contribution in [0.5, 0.6) is 0 Å². The van der Waals surface area contributed by atoms with Gasteiger partial charge in [0.25, 0.3) is 5.91 Å². The molecule has 1 saturated carbocycles. The number of nitrogens with one attached hydrogen (secondary N) is 3. The highest BCUT2D eigenvalue weighted by Gasteiger charge is 2.16. The fraction of sp³-hybridized carbons (Fsp3) is 0.688. The van der Waals surface area contributed by atoms with Gasteiger partial charge in [-0.3, -0.25) is 14.3 Å². The van der Waals surface area contributed by atoms with Crippen LogP contribution in [0.2, 0.25) is 0 Å². The third-order valence-corrected chi connectivity index (χ3v) is 4.01. The van der Waals surface area contributed by atoms with Crippen LogP contribution in [0.15, 0.2) is 12.4 Å². The number of hydrogen-bond acceptors (Lipinski definition) is 4. The van der Waals surface area contributed by atoms with Crippen molar-refractivity contribution in [2.24, 2.45) is 0 Å². The summed E-state index contributed by atoms with van der Waals surface area (Å²) >= 11 is 0. The number of amides is 2. The normalized spacial score (nSPS) is 14.7. The zero-order chi connectivity index (χ0) is 16.5. The van der Waals surface area contributed by atoms with Crippen LogP contribution in [0.3, 0.4) is 0 Å². The Balaban J connectivity index is 0.00000288. The van der Waals surface area contributed by atoms with E-state index in [0.29, 0.717) is 18.2 Å². The van der Waals surface area contributed by atoms with E-state index in [1.54, 1.807) is 6.20 Å². The van der Waals surface area contributed by atoms with Crippen LogP contribution in [0.4, 0.5) is 0 Å². The number of hydrogen-bond donors (Lipinski definition) is 3. The van der Waals surface area contributed by atoms with Crippen molar-refractivity contribution in [1.29, 1.82) is 0 Å². The Kier molecular flexibility index (Phi) is 9.41. The Morgan fingerprint density at radius 2 is 2.00 bits per heavy atom. The summed E-state index contributed by atoms with van der Waals surface area (Å²) in [6, 6.07) is 0.292. The van der Waals surface area contributed by atoms with Gasteiger partial charge in [-0.2, -0.15) is 5.10 Å². The number of carbonyl (C=O) groups excluding carboxylic acids is 2. The molecule has 0 saturated heterocycles. The van der Waals surface area contributed by atoms with Crippen LogP contribution < -0.4 is 16.0 Å². The van der Waals surface area contributed by atoms with Gasteiger partial charge in [-0.25, -0.2) is 0 Å². The van der Waals surface area contributed by atoms with Crippen LogP contribution in [0.1, 0.15) is 49.4 Å². The van der Waals surface area contributed by atoms with Crippen molar-refractivity contribution in [2.75, 3.05) is 19.6 Å². The largest absolute Gasteiger partial charge is 0.352 e. The molecule has 2 rings (SSSR count). The molecule has 136 valence electrons. The van der Waals surface area contributed by atoms with Crippen LogP contribution in [-0.4, -0.2) is 47.3 Å². The molecule has 1 aromatic heterocycles. The average Bonchev–Trinajstić information content (AvgIpc) is 3.00. The summed E-state index contributed by atoms with van der Waals surface area (Å²) in [4.78, 5) is 24.0. The highest BCUT2D eigenvalue weighted by molar-refractivity contribution is 5.93. The molecule has 0 aliphatic heterocycles. The first kappa shape index (κ1) is 20.4. The van der Waals surface area contributed by atoms with E-state index < -0.39 is 0 Å². The van der Waals surface area contributed by atoms with Gasteiger partial charge in [0.05, 0.1) is 11.8 Å². The molecule has 0 spiro atoms. The van der Waals surface area contributed by atoms with E-state index in [-0.39, 0.29) is 30.8 Å². The summed E-state index contributed by atoms with van der Waals surface area (Å²) in [5.41, 5.74) is 0.479. The fourth-order valence-electron chi connectivity index (χ4n) is 2.78. The maximum absolute atomic E-state index is 12.0. The molecule has 24 heavy (non-hydrogen) atoms. The second-order valence-electron chi connectivity index (χ2n) is 5.94. The Morgan fingerprint density at radius 1 is 1.25 bits per heavy atom. The number of rotatable bonds is 8. The van der Waals surface area contributed by atoms with Gasteiger partial charge in [0.15, 0.2) is 0 Å². The van der Waals surface area contributed by atoms with Crippen molar-refractivity contribution in [3.8, 4) is 0 Å².